The number of rotatable bonds is 8. The van der Waals surface area contributed by atoms with Crippen LogP contribution in [0.15, 0.2) is 30.9 Å². The van der Waals surface area contributed by atoms with Gasteiger partial charge in [0.25, 0.3) is 0 Å². The monoisotopic (exact) mass is 236 g/mol. The first-order chi connectivity index (χ1) is 8.31. The van der Waals surface area contributed by atoms with Crippen molar-refractivity contribution in [2.75, 3.05) is 19.8 Å². The predicted molar refractivity (Wildman–Crippen MR) is 69.5 cm³/mol. The van der Waals surface area contributed by atoms with Crippen molar-refractivity contribution in [2.45, 2.75) is 20.4 Å². The van der Waals surface area contributed by atoms with Gasteiger partial charge in [0, 0.05) is 5.56 Å². The van der Waals surface area contributed by atoms with Crippen molar-refractivity contribution >= 4 is 0 Å². The summed E-state index contributed by atoms with van der Waals surface area (Å²) in [5, 5.41) is 2.25. The van der Waals surface area contributed by atoms with Gasteiger partial charge in [-0.25, -0.2) is 0 Å². The molecule has 0 fully saturated rings. The largest absolute Gasteiger partial charge is 0.490 e. The summed E-state index contributed by atoms with van der Waals surface area (Å²) in [4.78, 5) is 0. The van der Waals surface area contributed by atoms with Gasteiger partial charge >= 0.3 is 0 Å². The third kappa shape index (κ3) is 4.49. The van der Waals surface area contributed by atoms with Crippen LogP contribution >= 0.6 is 0 Å². The SMILES string of the molecule is C=CCOc1ccc(C[NH2+]CC)cc1OCC. The highest BCUT2D eigenvalue weighted by Crippen LogP contribution is 2.28. The van der Waals surface area contributed by atoms with Crippen LogP contribution < -0.4 is 14.8 Å². The van der Waals surface area contributed by atoms with Crippen molar-refractivity contribution in [1.29, 1.82) is 0 Å². The zero-order chi connectivity index (χ0) is 12.5. The normalized spacial score (nSPS) is 10.0. The molecule has 0 bridgehead atoms. The van der Waals surface area contributed by atoms with E-state index in [2.05, 4.69) is 24.9 Å². The first-order valence-corrected chi connectivity index (χ1v) is 6.12. The molecule has 3 nitrogen and oxygen atoms in total. The fourth-order valence-electron chi connectivity index (χ4n) is 1.53. The molecule has 0 saturated heterocycles. The van der Waals surface area contributed by atoms with E-state index < -0.39 is 0 Å². The molecule has 0 aliphatic heterocycles. The molecule has 1 rings (SSSR count). The third-order valence-electron chi connectivity index (χ3n) is 2.33. The van der Waals surface area contributed by atoms with Crippen molar-refractivity contribution in [1.82, 2.24) is 0 Å². The lowest BCUT2D eigenvalue weighted by molar-refractivity contribution is -0.667. The van der Waals surface area contributed by atoms with E-state index in [0.29, 0.717) is 13.2 Å². The first kappa shape index (κ1) is 13.6. The second-order valence-electron chi connectivity index (χ2n) is 3.71. The molecule has 1 aromatic rings. The van der Waals surface area contributed by atoms with E-state index in [4.69, 9.17) is 9.47 Å². The van der Waals surface area contributed by atoms with E-state index in [0.717, 1.165) is 24.6 Å². The van der Waals surface area contributed by atoms with Gasteiger partial charge in [0.1, 0.15) is 13.2 Å². The molecule has 3 heteroatoms. The van der Waals surface area contributed by atoms with Crippen LogP contribution in [0, 0.1) is 0 Å². The minimum absolute atomic E-state index is 0.501. The Morgan fingerprint density at radius 1 is 1.24 bits per heavy atom. The average Bonchev–Trinajstić information content (AvgIpc) is 2.35. The second kappa shape index (κ2) is 7.74. The van der Waals surface area contributed by atoms with Crippen molar-refractivity contribution in [3.05, 3.63) is 36.4 Å². The van der Waals surface area contributed by atoms with Crippen LogP contribution in [0.25, 0.3) is 0 Å². The number of quaternary nitrogens is 1. The molecule has 17 heavy (non-hydrogen) atoms. The van der Waals surface area contributed by atoms with E-state index >= 15 is 0 Å². The Bertz CT molecular complexity index is 350. The number of nitrogens with two attached hydrogens (primary N) is 1. The summed E-state index contributed by atoms with van der Waals surface area (Å²) in [5.74, 6) is 1.60. The lowest BCUT2D eigenvalue weighted by Gasteiger charge is -2.12. The topological polar surface area (TPSA) is 35.1 Å². The Hall–Kier alpha value is -1.48. The van der Waals surface area contributed by atoms with Crippen molar-refractivity contribution in [3.63, 3.8) is 0 Å². The fraction of sp³-hybridized carbons (Fsp3) is 0.429. The molecule has 0 aliphatic carbocycles. The summed E-state index contributed by atoms with van der Waals surface area (Å²) in [7, 11) is 0. The van der Waals surface area contributed by atoms with Gasteiger partial charge in [-0.05, 0) is 32.0 Å². The van der Waals surface area contributed by atoms with Crippen LogP contribution in [0.4, 0.5) is 0 Å². The highest BCUT2D eigenvalue weighted by Gasteiger charge is 2.06. The molecule has 0 radical (unpaired) electrons. The van der Waals surface area contributed by atoms with Crippen LogP contribution in [-0.4, -0.2) is 19.8 Å². The maximum absolute atomic E-state index is 5.58. The molecule has 0 spiro atoms. The van der Waals surface area contributed by atoms with E-state index in [-0.39, 0.29) is 0 Å². The molecule has 94 valence electrons. The molecule has 0 unspecified atom stereocenters. The highest BCUT2D eigenvalue weighted by molar-refractivity contribution is 5.42. The van der Waals surface area contributed by atoms with E-state index in [9.17, 15) is 0 Å². The van der Waals surface area contributed by atoms with Gasteiger partial charge in [0.05, 0.1) is 13.2 Å². The molecule has 0 saturated carbocycles. The van der Waals surface area contributed by atoms with Crippen LogP contribution in [0.5, 0.6) is 11.5 Å². The summed E-state index contributed by atoms with van der Waals surface area (Å²) in [6.07, 6.45) is 1.73. The molecule has 0 atom stereocenters. The molecule has 2 N–H and O–H groups in total. The van der Waals surface area contributed by atoms with Gasteiger partial charge in [-0.3, -0.25) is 0 Å². The maximum atomic E-state index is 5.58. The van der Waals surface area contributed by atoms with E-state index in [1.807, 2.05) is 19.1 Å². The lowest BCUT2D eigenvalue weighted by atomic mass is 10.2. The fourth-order valence-corrected chi connectivity index (χ4v) is 1.53. The van der Waals surface area contributed by atoms with Crippen molar-refractivity contribution < 1.29 is 14.8 Å². The Labute approximate surface area is 103 Å². The minimum Gasteiger partial charge on any atom is -0.490 e. The zero-order valence-electron chi connectivity index (χ0n) is 10.7. The summed E-state index contributed by atoms with van der Waals surface area (Å²) < 4.78 is 11.1. The standard InChI is InChI=1S/C14H21NO2/c1-4-9-17-13-8-7-12(11-15-5-2)10-14(13)16-6-3/h4,7-8,10,15H,1,5-6,9,11H2,2-3H3/p+1. The van der Waals surface area contributed by atoms with Gasteiger partial charge in [-0.1, -0.05) is 12.7 Å². The van der Waals surface area contributed by atoms with Crippen molar-refractivity contribution in [2.24, 2.45) is 0 Å². The molecular formula is C14H22NO2+. The highest BCUT2D eigenvalue weighted by atomic mass is 16.5. The Kier molecular flexibility index (Phi) is 6.18. The van der Waals surface area contributed by atoms with Gasteiger partial charge in [0.2, 0.25) is 0 Å². The smallest absolute Gasteiger partial charge is 0.161 e. The summed E-state index contributed by atoms with van der Waals surface area (Å²) in [6, 6.07) is 6.09. The van der Waals surface area contributed by atoms with E-state index in [1.165, 1.54) is 5.56 Å². The predicted octanol–water partition coefficient (Wildman–Crippen LogP) is 1.73. The second-order valence-corrected chi connectivity index (χ2v) is 3.71. The van der Waals surface area contributed by atoms with Crippen LogP contribution in [-0.2, 0) is 6.54 Å². The third-order valence-corrected chi connectivity index (χ3v) is 2.33. The van der Waals surface area contributed by atoms with Gasteiger partial charge in [-0.2, -0.15) is 0 Å². The molecule has 0 heterocycles. The van der Waals surface area contributed by atoms with Gasteiger partial charge in [-0.15, -0.1) is 0 Å². The van der Waals surface area contributed by atoms with Crippen LogP contribution in [0.1, 0.15) is 19.4 Å². The quantitative estimate of drug-likeness (QED) is 0.698. The number of hydrogen-bond acceptors (Lipinski definition) is 2. The molecule has 0 aromatic heterocycles. The molecule has 0 aliphatic rings. The Morgan fingerprint density at radius 3 is 2.71 bits per heavy atom. The van der Waals surface area contributed by atoms with Crippen LogP contribution in [0.2, 0.25) is 0 Å². The average molecular weight is 236 g/mol. The summed E-state index contributed by atoms with van der Waals surface area (Å²) >= 11 is 0. The van der Waals surface area contributed by atoms with Crippen LogP contribution in [0.3, 0.4) is 0 Å². The minimum atomic E-state index is 0.501. The number of ether oxygens (including phenoxy) is 2. The van der Waals surface area contributed by atoms with Crippen molar-refractivity contribution in [3.8, 4) is 11.5 Å². The van der Waals surface area contributed by atoms with Gasteiger partial charge < -0.3 is 14.8 Å². The first-order valence-electron chi connectivity index (χ1n) is 6.12. The zero-order valence-corrected chi connectivity index (χ0v) is 10.7. The Balaban J connectivity index is 2.78. The molecule has 1 aromatic carbocycles. The Morgan fingerprint density at radius 2 is 2.06 bits per heavy atom. The number of hydrogen-bond donors (Lipinski definition) is 1. The summed E-state index contributed by atoms with van der Waals surface area (Å²) in [5.41, 5.74) is 1.25. The van der Waals surface area contributed by atoms with Gasteiger partial charge in [0.15, 0.2) is 11.5 Å². The molecule has 0 amide bonds. The number of benzene rings is 1. The maximum Gasteiger partial charge on any atom is 0.161 e. The molecular weight excluding hydrogens is 214 g/mol. The summed E-state index contributed by atoms with van der Waals surface area (Å²) in [6.45, 7) is 11.0. The lowest BCUT2D eigenvalue weighted by Crippen LogP contribution is -2.81. The van der Waals surface area contributed by atoms with E-state index in [1.54, 1.807) is 6.08 Å².